The molecule has 0 aliphatic rings. The summed E-state index contributed by atoms with van der Waals surface area (Å²) in [6.07, 6.45) is 2.86. The van der Waals surface area contributed by atoms with Gasteiger partial charge in [0, 0.05) is 6.20 Å². The zero-order chi connectivity index (χ0) is 10.6. The minimum atomic E-state index is 0.159. The van der Waals surface area contributed by atoms with Crippen molar-refractivity contribution in [2.75, 3.05) is 5.73 Å². The van der Waals surface area contributed by atoms with Crippen LogP contribution in [-0.2, 0) is 0 Å². The van der Waals surface area contributed by atoms with Gasteiger partial charge in [-0.25, -0.2) is 4.98 Å². The summed E-state index contributed by atoms with van der Waals surface area (Å²) >= 11 is 0. The zero-order valence-corrected chi connectivity index (χ0v) is 9.03. The Bertz CT molecular complexity index is 286. The number of nitrogens with two attached hydrogens (primary N) is 1. The lowest BCUT2D eigenvalue weighted by Crippen LogP contribution is -2.15. The van der Waals surface area contributed by atoms with Crippen LogP contribution in [0.15, 0.2) is 18.3 Å². The van der Waals surface area contributed by atoms with Crippen molar-refractivity contribution >= 4 is 5.69 Å². The van der Waals surface area contributed by atoms with E-state index in [1.165, 1.54) is 0 Å². The van der Waals surface area contributed by atoms with E-state index in [1.807, 2.05) is 6.92 Å². The number of rotatable bonds is 4. The first-order valence-corrected chi connectivity index (χ1v) is 4.96. The monoisotopic (exact) mass is 194 g/mol. The van der Waals surface area contributed by atoms with Crippen molar-refractivity contribution < 1.29 is 4.74 Å². The van der Waals surface area contributed by atoms with E-state index in [9.17, 15) is 0 Å². The van der Waals surface area contributed by atoms with Crippen molar-refractivity contribution in [1.82, 2.24) is 4.98 Å². The molecule has 14 heavy (non-hydrogen) atoms. The Balaban J connectivity index is 2.56. The van der Waals surface area contributed by atoms with Crippen molar-refractivity contribution in [3.63, 3.8) is 0 Å². The van der Waals surface area contributed by atoms with Gasteiger partial charge in [0.2, 0.25) is 5.88 Å². The van der Waals surface area contributed by atoms with Gasteiger partial charge in [-0.3, -0.25) is 0 Å². The zero-order valence-electron chi connectivity index (χ0n) is 9.03. The van der Waals surface area contributed by atoms with E-state index >= 15 is 0 Å². The molecule has 0 amide bonds. The highest BCUT2D eigenvalue weighted by molar-refractivity contribution is 5.46. The predicted molar refractivity (Wildman–Crippen MR) is 58.2 cm³/mol. The van der Waals surface area contributed by atoms with Gasteiger partial charge in [-0.1, -0.05) is 13.8 Å². The van der Waals surface area contributed by atoms with Gasteiger partial charge >= 0.3 is 0 Å². The molecule has 0 radical (unpaired) electrons. The summed E-state index contributed by atoms with van der Waals surface area (Å²) in [6.45, 7) is 6.37. The summed E-state index contributed by atoms with van der Waals surface area (Å²) in [5, 5.41) is 0. The van der Waals surface area contributed by atoms with Gasteiger partial charge in [0.25, 0.3) is 0 Å². The molecule has 0 saturated heterocycles. The maximum atomic E-state index is 5.71. The summed E-state index contributed by atoms with van der Waals surface area (Å²) < 4.78 is 5.62. The van der Waals surface area contributed by atoms with Crippen LogP contribution in [0.3, 0.4) is 0 Å². The Labute approximate surface area is 85.3 Å². The highest BCUT2D eigenvalue weighted by Crippen LogP contribution is 2.19. The number of hydrogen-bond acceptors (Lipinski definition) is 3. The first-order chi connectivity index (χ1) is 6.59. The summed E-state index contributed by atoms with van der Waals surface area (Å²) in [7, 11) is 0. The molecule has 0 aliphatic heterocycles. The van der Waals surface area contributed by atoms with Crippen LogP contribution in [0, 0.1) is 5.92 Å². The third-order valence-corrected chi connectivity index (χ3v) is 1.92. The topological polar surface area (TPSA) is 48.1 Å². The second-order valence-electron chi connectivity index (χ2n) is 3.96. The van der Waals surface area contributed by atoms with Crippen LogP contribution >= 0.6 is 0 Å². The van der Waals surface area contributed by atoms with Crippen LogP contribution in [0.25, 0.3) is 0 Å². The molecule has 3 nitrogen and oxygen atoms in total. The molecular formula is C11H18N2O. The van der Waals surface area contributed by atoms with Crippen LogP contribution in [0.4, 0.5) is 5.69 Å². The maximum absolute atomic E-state index is 5.71. The molecule has 1 heterocycles. The second-order valence-corrected chi connectivity index (χ2v) is 3.96. The van der Waals surface area contributed by atoms with Gasteiger partial charge in [0.15, 0.2) is 0 Å². The van der Waals surface area contributed by atoms with Crippen LogP contribution in [0.2, 0.25) is 0 Å². The summed E-state index contributed by atoms with van der Waals surface area (Å²) in [4.78, 5) is 4.08. The minimum absolute atomic E-state index is 0.159. The van der Waals surface area contributed by atoms with Crippen molar-refractivity contribution in [3.05, 3.63) is 18.3 Å². The van der Waals surface area contributed by atoms with E-state index in [0.717, 1.165) is 6.42 Å². The van der Waals surface area contributed by atoms with Crippen LogP contribution in [0.1, 0.15) is 27.2 Å². The van der Waals surface area contributed by atoms with Crippen molar-refractivity contribution in [1.29, 1.82) is 0 Å². The second kappa shape index (κ2) is 4.84. The Morgan fingerprint density at radius 1 is 1.43 bits per heavy atom. The molecule has 1 aromatic heterocycles. The molecule has 3 heteroatoms. The molecule has 78 valence electrons. The standard InChI is InChI=1S/C11H18N2O/c1-8(2)7-9(3)14-11-10(12)5-4-6-13-11/h4-6,8-9H,7,12H2,1-3H3. The Hall–Kier alpha value is -1.25. The lowest BCUT2D eigenvalue weighted by molar-refractivity contribution is 0.187. The number of anilines is 1. The summed E-state index contributed by atoms with van der Waals surface area (Å²) in [5.74, 6) is 1.16. The molecule has 0 fully saturated rings. The lowest BCUT2D eigenvalue weighted by Gasteiger charge is -2.16. The predicted octanol–water partition coefficient (Wildman–Crippen LogP) is 2.48. The van der Waals surface area contributed by atoms with Gasteiger partial charge < -0.3 is 10.5 Å². The summed E-state index contributed by atoms with van der Waals surface area (Å²) in [6, 6.07) is 3.60. The van der Waals surface area contributed by atoms with Crippen LogP contribution < -0.4 is 10.5 Å². The molecule has 0 aromatic carbocycles. The molecule has 2 N–H and O–H groups in total. The largest absolute Gasteiger partial charge is 0.473 e. The fourth-order valence-corrected chi connectivity index (χ4v) is 1.40. The van der Waals surface area contributed by atoms with Gasteiger partial charge in [-0.15, -0.1) is 0 Å². The van der Waals surface area contributed by atoms with Crippen molar-refractivity contribution in [2.45, 2.75) is 33.3 Å². The van der Waals surface area contributed by atoms with E-state index in [-0.39, 0.29) is 6.10 Å². The maximum Gasteiger partial charge on any atom is 0.237 e. The van der Waals surface area contributed by atoms with Gasteiger partial charge in [-0.05, 0) is 31.4 Å². The smallest absolute Gasteiger partial charge is 0.237 e. The Kier molecular flexibility index (Phi) is 3.74. The lowest BCUT2D eigenvalue weighted by atomic mass is 10.1. The van der Waals surface area contributed by atoms with Crippen LogP contribution in [0.5, 0.6) is 5.88 Å². The average molecular weight is 194 g/mol. The van der Waals surface area contributed by atoms with Gasteiger partial charge in [0.05, 0.1) is 11.8 Å². The fraction of sp³-hybridized carbons (Fsp3) is 0.545. The number of nitrogens with zero attached hydrogens (tertiary/aromatic N) is 1. The number of aromatic nitrogens is 1. The molecule has 1 aromatic rings. The molecule has 0 aliphatic carbocycles. The minimum Gasteiger partial charge on any atom is -0.473 e. The van der Waals surface area contributed by atoms with Gasteiger partial charge in [0.1, 0.15) is 0 Å². The average Bonchev–Trinajstić information content (AvgIpc) is 2.07. The number of hydrogen-bond donors (Lipinski definition) is 1. The first-order valence-electron chi connectivity index (χ1n) is 4.96. The molecular weight excluding hydrogens is 176 g/mol. The number of nitrogen functional groups attached to an aromatic ring is 1. The van der Waals surface area contributed by atoms with E-state index in [2.05, 4.69) is 18.8 Å². The molecule has 0 spiro atoms. The third-order valence-electron chi connectivity index (χ3n) is 1.92. The number of pyridine rings is 1. The van der Waals surface area contributed by atoms with Gasteiger partial charge in [-0.2, -0.15) is 0 Å². The quantitative estimate of drug-likeness (QED) is 0.801. The highest BCUT2D eigenvalue weighted by Gasteiger charge is 2.09. The molecule has 1 atom stereocenters. The molecule has 1 unspecified atom stereocenters. The Morgan fingerprint density at radius 3 is 2.71 bits per heavy atom. The molecule has 0 saturated carbocycles. The summed E-state index contributed by atoms with van der Waals surface area (Å²) in [5.41, 5.74) is 6.31. The highest BCUT2D eigenvalue weighted by atomic mass is 16.5. The molecule has 1 rings (SSSR count). The van der Waals surface area contributed by atoms with Crippen molar-refractivity contribution in [2.24, 2.45) is 5.92 Å². The molecule has 0 bridgehead atoms. The number of ether oxygens (including phenoxy) is 1. The van der Waals surface area contributed by atoms with E-state index in [4.69, 9.17) is 10.5 Å². The van der Waals surface area contributed by atoms with Crippen LogP contribution in [-0.4, -0.2) is 11.1 Å². The first kappa shape index (κ1) is 10.8. The van der Waals surface area contributed by atoms with E-state index in [1.54, 1.807) is 18.3 Å². The van der Waals surface area contributed by atoms with E-state index in [0.29, 0.717) is 17.5 Å². The normalized spacial score (nSPS) is 12.9. The van der Waals surface area contributed by atoms with E-state index < -0.39 is 0 Å². The fourth-order valence-electron chi connectivity index (χ4n) is 1.40. The Morgan fingerprint density at radius 2 is 2.14 bits per heavy atom. The third kappa shape index (κ3) is 3.24. The van der Waals surface area contributed by atoms with Crippen molar-refractivity contribution in [3.8, 4) is 5.88 Å². The SMILES string of the molecule is CC(C)CC(C)Oc1ncccc1N.